The minimum absolute atomic E-state index is 0.0253. The molecule has 1 aliphatic rings. The SMILES string of the molecule is COc1cccc(Oc2cncc([C@H]3CCCN(C(=O)c4cscn4)C3)n2)c1. The summed E-state index contributed by atoms with van der Waals surface area (Å²) in [4.78, 5) is 27.5. The fraction of sp³-hybridized carbons (Fsp3) is 0.300. The van der Waals surface area contributed by atoms with Crippen molar-refractivity contribution in [1.82, 2.24) is 19.9 Å². The van der Waals surface area contributed by atoms with E-state index in [1.165, 1.54) is 11.3 Å². The third-order valence-corrected chi connectivity index (χ3v) is 5.26. The maximum atomic E-state index is 12.6. The fourth-order valence-electron chi connectivity index (χ4n) is 3.28. The number of carbonyl (C=O) groups excluding carboxylic acids is 1. The first-order chi connectivity index (χ1) is 13.7. The molecule has 0 spiro atoms. The van der Waals surface area contributed by atoms with Crippen molar-refractivity contribution in [2.24, 2.45) is 0 Å². The van der Waals surface area contributed by atoms with Gasteiger partial charge in [-0.2, -0.15) is 0 Å². The van der Waals surface area contributed by atoms with E-state index in [-0.39, 0.29) is 11.8 Å². The molecule has 28 heavy (non-hydrogen) atoms. The van der Waals surface area contributed by atoms with Crippen LogP contribution >= 0.6 is 11.3 Å². The second kappa shape index (κ2) is 8.35. The smallest absolute Gasteiger partial charge is 0.273 e. The van der Waals surface area contributed by atoms with Gasteiger partial charge >= 0.3 is 0 Å². The number of nitrogens with zero attached hydrogens (tertiary/aromatic N) is 4. The molecular weight excluding hydrogens is 376 g/mol. The van der Waals surface area contributed by atoms with Gasteiger partial charge in [-0.15, -0.1) is 11.3 Å². The molecule has 0 N–H and O–H groups in total. The second-order valence-electron chi connectivity index (χ2n) is 6.53. The van der Waals surface area contributed by atoms with E-state index < -0.39 is 0 Å². The normalized spacial score (nSPS) is 16.6. The molecule has 0 bridgehead atoms. The summed E-state index contributed by atoms with van der Waals surface area (Å²) in [7, 11) is 1.61. The Balaban J connectivity index is 1.48. The van der Waals surface area contributed by atoms with Gasteiger partial charge in [-0.3, -0.25) is 9.78 Å². The molecule has 0 radical (unpaired) electrons. The molecule has 8 heteroatoms. The molecule has 3 heterocycles. The number of hydrogen-bond acceptors (Lipinski definition) is 7. The lowest BCUT2D eigenvalue weighted by Crippen LogP contribution is -2.39. The molecule has 0 unspecified atom stereocenters. The van der Waals surface area contributed by atoms with Gasteiger partial charge in [0, 0.05) is 36.7 Å². The van der Waals surface area contributed by atoms with Crippen molar-refractivity contribution in [3.63, 3.8) is 0 Å². The van der Waals surface area contributed by atoms with Gasteiger partial charge in [-0.05, 0) is 25.0 Å². The number of benzene rings is 1. The molecule has 1 saturated heterocycles. The molecule has 1 aromatic carbocycles. The number of methoxy groups -OCH3 is 1. The number of thiazole rings is 1. The highest BCUT2D eigenvalue weighted by molar-refractivity contribution is 7.07. The predicted octanol–water partition coefficient (Wildman–Crippen LogP) is 3.75. The number of amides is 1. The molecule has 2 aromatic heterocycles. The van der Waals surface area contributed by atoms with Gasteiger partial charge in [-0.25, -0.2) is 9.97 Å². The van der Waals surface area contributed by atoms with Crippen LogP contribution in [0.15, 0.2) is 47.5 Å². The maximum absolute atomic E-state index is 12.6. The van der Waals surface area contributed by atoms with E-state index in [1.54, 1.807) is 36.5 Å². The molecule has 7 nitrogen and oxygen atoms in total. The van der Waals surface area contributed by atoms with Crippen molar-refractivity contribution in [1.29, 1.82) is 0 Å². The van der Waals surface area contributed by atoms with Crippen molar-refractivity contribution in [3.05, 3.63) is 58.9 Å². The minimum atomic E-state index is -0.0253. The summed E-state index contributed by atoms with van der Waals surface area (Å²) in [5.74, 6) is 1.87. The Morgan fingerprint density at radius 3 is 3.00 bits per heavy atom. The average molecular weight is 396 g/mol. The van der Waals surface area contributed by atoms with E-state index >= 15 is 0 Å². The Kier molecular flexibility index (Phi) is 5.48. The summed E-state index contributed by atoms with van der Waals surface area (Å²) in [5.41, 5.74) is 3.02. The van der Waals surface area contributed by atoms with Crippen LogP contribution < -0.4 is 9.47 Å². The van der Waals surface area contributed by atoms with Crippen molar-refractivity contribution in [2.75, 3.05) is 20.2 Å². The third kappa shape index (κ3) is 4.12. The fourth-order valence-corrected chi connectivity index (χ4v) is 3.80. The molecular formula is C20H20N4O3S. The summed E-state index contributed by atoms with van der Waals surface area (Å²) < 4.78 is 11.1. The summed E-state index contributed by atoms with van der Waals surface area (Å²) in [6.45, 7) is 1.34. The van der Waals surface area contributed by atoms with Crippen LogP contribution in [0.5, 0.6) is 17.4 Å². The van der Waals surface area contributed by atoms with Crippen LogP contribution in [0.25, 0.3) is 0 Å². The van der Waals surface area contributed by atoms with Crippen LogP contribution in [0.3, 0.4) is 0 Å². The Hall–Kier alpha value is -3.00. The van der Waals surface area contributed by atoms with Crippen LogP contribution in [-0.2, 0) is 0 Å². The quantitative estimate of drug-likeness (QED) is 0.654. The van der Waals surface area contributed by atoms with Crippen molar-refractivity contribution >= 4 is 17.2 Å². The molecule has 3 aromatic rings. The first-order valence-corrected chi connectivity index (χ1v) is 9.98. The lowest BCUT2D eigenvalue weighted by Gasteiger charge is -2.32. The standard InChI is InChI=1S/C20H20N4O3S/c1-26-15-5-2-6-16(8-15)27-19-10-21-9-17(23-19)14-4-3-7-24(11-14)20(25)18-12-28-13-22-18/h2,5-6,8-10,12-14H,3-4,7,11H2,1H3/t14-/m0/s1. The molecule has 1 aliphatic heterocycles. The van der Waals surface area contributed by atoms with Gasteiger partial charge < -0.3 is 14.4 Å². The molecule has 1 amide bonds. The van der Waals surface area contributed by atoms with Crippen molar-refractivity contribution in [2.45, 2.75) is 18.8 Å². The second-order valence-corrected chi connectivity index (χ2v) is 7.25. The number of ether oxygens (including phenoxy) is 2. The molecule has 0 saturated carbocycles. The Bertz CT molecular complexity index is 948. The highest BCUT2D eigenvalue weighted by Gasteiger charge is 2.27. The summed E-state index contributed by atoms with van der Waals surface area (Å²) in [6, 6.07) is 7.34. The summed E-state index contributed by atoms with van der Waals surface area (Å²) >= 11 is 1.43. The highest BCUT2D eigenvalue weighted by atomic mass is 32.1. The van der Waals surface area contributed by atoms with E-state index in [1.807, 2.05) is 23.1 Å². The number of rotatable bonds is 5. The maximum Gasteiger partial charge on any atom is 0.273 e. The van der Waals surface area contributed by atoms with E-state index in [4.69, 9.17) is 9.47 Å². The van der Waals surface area contributed by atoms with Crippen LogP contribution in [0, 0.1) is 0 Å². The van der Waals surface area contributed by atoms with E-state index in [0.717, 1.165) is 25.1 Å². The lowest BCUT2D eigenvalue weighted by atomic mass is 9.95. The number of aromatic nitrogens is 3. The van der Waals surface area contributed by atoms with Gasteiger partial charge in [0.2, 0.25) is 5.88 Å². The lowest BCUT2D eigenvalue weighted by molar-refractivity contribution is 0.0700. The zero-order chi connectivity index (χ0) is 19.3. The topological polar surface area (TPSA) is 77.4 Å². The summed E-state index contributed by atoms with van der Waals surface area (Å²) in [5, 5.41) is 1.79. The highest BCUT2D eigenvalue weighted by Crippen LogP contribution is 2.29. The first kappa shape index (κ1) is 18.4. The molecule has 144 valence electrons. The van der Waals surface area contributed by atoms with E-state index in [0.29, 0.717) is 29.6 Å². The van der Waals surface area contributed by atoms with Gasteiger partial charge in [0.15, 0.2) is 0 Å². The van der Waals surface area contributed by atoms with Crippen LogP contribution in [0.4, 0.5) is 0 Å². The number of carbonyl (C=O) groups is 1. The number of hydrogen-bond donors (Lipinski definition) is 0. The van der Waals surface area contributed by atoms with Gasteiger partial charge in [0.1, 0.15) is 17.2 Å². The van der Waals surface area contributed by atoms with Crippen LogP contribution in [-0.4, -0.2) is 46.0 Å². The van der Waals surface area contributed by atoms with E-state index in [9.17, 15) is 4.79 Å². The number of likely N-dealkylation sites (tertiary alicyclic amines) is 1. The largest absolute Gasteiger partial charge is 0.497 e. The van der Waals surface area contributed by atoms with Crippen LogP contribution in [0.2, 0.25) is 0 Å². The van der Waals surface area contributed by atoms with Gasteiger partial charge in [-0.1, -0.05) is 6.07 Å². The zero-order valence-corrected chi connectivity index (χ0v) is 16.3. The van der Waals surface area contributed by atoms with E-state index in [2.05, 4.69) is 15.0 Å². The number of piperidine rings is 1. The summed E-state index contributed by atoms with van der Waals surface area (Å²) in [6.07, 6.45) is 5.21. The Labute approximate surface area is 167 Å². The molecule has 1 atom stereocenters. The Morgan fingerprint density at radius 2 is 2.18 bits per heavy atom. The van der Waals surface area contributed by atoms with Crippen molar-refractivity contribution < 1.29 is 14.3 Å². The first-order valence-electron chi connectivity index (χ1n) is 9.04. The van der Waals surface area contributed by atoms with Gasteiger partial charge in [0.25, 0.3) is 5.91 Å². The van der Waals surface area contributed by atoms with Gasteiger partial charge in [0.05, 0.1) is 24.5 Å². The minimum Gasteiger partial charge on any atom is -0.497 e. The third-order valence-electron chi connectivity index (χ3n) is 4.67. The van der Waals surface area contributed by atoms with Crippen molar-refractivity contribution in [3.8, 4) is 17.4 Å². The molecule has 4 rings (SSSR count). The predicted molar refractivity (Wildman–Crippen MR) is 105 cm³/mol. The Morgan fingerprint density at radius 1 is 1.29 bits per heavy atom. The molecule has 0 aliphatic carbocycles. The zero-order valence-electron chi connectivity index (χ0n) is 15.4. The average Bonchev–Trinajstić information content (AvgIpc) is 3.28. The monoisotopic (exact) mass is 396 g/mol. The molecule has 1 fully saturated rings. The van der Waals surface area contributed by atoms with Crippen LogP contribution in [0.1, 0.15) is 34.9 Å².